The van der Waals surface area contributed by atoms with Gasteiger partial charge in [0.05, 0.1) is 6.04 Å². The summed E-state index contributed by atoms with van der Waals surface area (Å²) in [4.78, 5) is 18.0. The lowest BCUT2D eigenvalue weighted by Gasteiger charge is -2.25. The van der Waals surface area contributed by atoms with Crippen molar-refractivity contribution in [3.8, 4) is 0 Å². The first-order valence-corrected chi connectivity index (χ1v) is 6.90. The number of carbonyl (C=O) groups is 1. The third kappa shape index (κ3) is 3.30. The van der Waals surface area contributed by atoms with Gasteiger partial charge in [0.15, 0.2) is 0 Å². The van der Waals surface area contributed by atoms with Crippen molar-refractivity contribution >= 4 is 29.1 Å². The van der Waals surface area contributed by atoms with Crippen LogP contribution < -0.4 is 0 Å². The number of amides is 1. The Balaban J connectivity index is 2.22. The zero-order valence-electron chi connectivity index (χ0n) is 11.2. The summed E-state index contributed by atoms with van der Waals surface area (Å²) in [5.74, 6) is -0.181. The van der Waals surface area contributed by atoms with Crippen molar-refractivity contribution in [1.29, 1.82) is 0 Å². The summed E-state index contributed by atoms with van der Waals surface area (Å²) in [6.45, 7) is 1.94. The van der Waals surface area contributed by atoms with Gasteiger partial charge in [-0.3, -0.25) is 4.79 Å². The smallest absolute Gasteiger partial charge is 0.272 e. The Hall–Kier alpha value is -1.58. The maximum absolute atomic E-state index is 12.4. The Labute approximate surface area is 128 Å². The molecule has 3 nitrogen and oxygen atoms in total. The van der Waals surface area contributed by atoms with Gasteiger partial charge in [-0.15, -0.1) is 0 Å². The van der Waals surface area contributed by atoms with Gasteiger partial charge in [-0.05, 0) is 36.8 Å². The highest BCUT2D eigenvalue weighted by Gasteiger charge is 2.20. The molecule has 0 saturated heterocycles. The Morgan fingerprint density at radius 2 is 1.90 bits per heavy atom. The zero-order valence-corrected chi connectivity index (χ0v) is 12.7. The quantitative estimate of drug-likeness (QED) is 0.795. The minimum absolute atomic E-state index is 0.109. The van der Waals surface area contributed by atoms with Crippen LogP contribution in [0.1, 0.15) is 29.0 Å². The molecule has 5 heteroatoms. The number of rotatable bonds is 3. The molecule has 0 saturated carbocycles. The molecule has 1 atom stereocenters. The highest BCUT2D eigenvalue weighted by atomic mass is 35.5. The number of nitrogens with zero attached hydrogens (tertiary/aromatic N) is 2. The van der Waals surface area contributed by atoms with E-state index in [0.29, 0.717) is 15.9 Å². The molecule has 1 heterocycles. The van der Waals surface area contributed by atoms with Crippen LogP contribution in [-0.2, 0) is 0 Å². The molecule has 0 bridgehead atoms. The fraction of sp³-hybridized carbons (Fsp3) is 0.200. The van der Waals surface area contributed by atoms with E-state index in [2.05, 4.69) is 4.98 Å². The Morgan fingerprint density at radius 3 is 2.55 bits per heavy atom. The topological polar surface area (TPSA) is 33.2 Å². The van der Waals surface area contributed by atoms with E-state index in [9.17, 15) is 4.79 Å². The minimum atomic E-state index is -0.181. The molecule has 0 spiro atoms. The standard InChI is InChI=1S/C15H14Cl2N2O/c1-10(11-5-3-6-12(16)9-11)19(2)15(20)13-7-4-8-14(17)18-13/h3-10H,1-2H3. The van der Waals surface area contributed by atoms with E-state index >= 15 is 0 Å². The number of carbonyl (C=O) groups excluding carboxylic acids is 1. The largest absolute Gasteiger partial charge is 0.334 e. The van der Waals surface area contributed by atoms with Gasteiger partial charge in [0.1, 0.15) is 10.8 Å². The predicted octanol–water partition coefficient (Wildman–Crippen LogP) is 4.22. The SMILES string of the molecule is CC(c1cccc(Cl)c1)N(C)C(=O)c1cccc(Cl)n1. The van der Waals surface area contributed by atoms with E-state index in [1.54, 1.807) is 36.2 Å². The molecule has 104 valence electrons. The highest BCUT2D eigenvalue weighted by molar-refractivity contribution is 6.30. The van der Waals surface area contributed by atoms with Crippen molar-refractivity contribution in [2.75, 3.05) is 7.05 Å². The lowest BCUT2D eigenvalue weighted by molar-refractivity contribution is 0.0736. The number of benzene rings is 1. The van der Waals surface area contributed by atoms with Gasteiger partial charge in [0, 0.05) is 12.1 Å². The van der Waals surface area contributed by atoms with E-state index in [4.69, 9.17) is 23.2 Å². The second-order valence-corrected chi connectivity index (χ2v) is 5.32. The van der Waals surface area contributed by atoms with Crippen LogP contribution in [0.2, 0.25) is 10.2 Å². The molecular formula is C15H14Cl2N2O. The van der Waals surface area contributed by atoms with Crippen molar-refractivity contribution in [3.05, 3.63) is 63.9 Å². The highest BCUT2D eigenvalue weighted by Crippen LogP contribution is 2.23. The summed E-state index contributed by atoms with van der Waals surface area (Å²) in [6, 6.07) is 12.3. The van der Waals surface area contributed by atoms with Crippen molar-refractivity contribution in [2.45, 2.75) is 13.0 Å². The van der Waals surface area contributed by atoms with Crippen LogP contribution in [0.3, 0.4) is 0 Å². The number of aromatic nitrogens is 1. The maximum Gasteiger partial charge on any atom is 0.272 e. The van der Waals surface area contributed by atoms with Crippen molar-refractivity contribution < 1.29 is 4.79 Å². The van der Waals surface area contributed by atoms with Gasteiger partial charge >= 0.3 is 0 Å². The first kappa shape index (κ1) is 14.8. The van der Waals surface area contributed by atoms with Gasteiger partial charge in [0.25, 0.3) is 5.91 Å². The van der Waals surface area contributed by atoms with Crippen LogP contribution >= 0.6 is 23.2 Å². The number of hydrogen-bond acceptors (Lipinski definition) is 2. The molecule has 1 unspecified atom stereocenters. The summed E-state index contributed by atoms with van der Waals surface area (Å²) in [6.07, 6.45) is 0. The summed E-state index contributed by atoms with van der Waals surface area (Å²) in [5.41, 5.74) is 1.30. The molecule has 2 aromatic rings. The summed E-state index contributed by atoms with van der Waals surface area (Å²) >= 11 is 11.8. The number of hydrogen-bond donors (Lipinski definition) is 0. The van der Waals surface area contributed by atoms with E-state index in [-0.39, 0.29) is 11.9 Å². The maximum atomic E-state index is 12.4. The Bertz CT molecular complexity index is 631. The van der Waals surface area contributed by atoms with Gasteiger partial charge in [-0.1, -0.05) is 41.4 Å². The van der Waals surface area contributed by atoms with Gasteiger partial charge < -0.3 is 4.90 Å². The molecule has 20 heavy (non-hydrogen) atoms. The first-order chi connectivity index (χ1) is 9.49. The second kappa shape index (κ2) is 6.25. The van der Waals surface area contributed by atoms with Crippen molar-refractivity contribution in [2.24, 2.45) is 0 Å². The Kier molecular flexibility index (Phi) is 4.63. The third-order valence-corrected chi connectivity index (χ3v) is 3.61. The normalized spacial score (nSPS) is 12.0. The van der Waals surface area contributed by atoms with Crippen LogP contribution in [0.15, 0.2) is 42.5 Å². The fourth-order valence-corrected chi connectivity index (χ4v) is 2.24. The van der Waals surface area contributed by atoms with Gasteiger partial charge in [-0.2, -0.15) is 0 Å². The molecule has 0 radical (unpaired) electrons. The molecular weight excluding hydrogens is 295 g/mol. The first-order valence-electron chi connectivity index (χ1n) is 6.14. The zero-order chi connectivity index (χ0) is 14.7. The fourth-order valence-electron chi connectivity index (χ4n) is 1.87. The molecule has 1 aromatic carbocycles. The molecule has 0 aliphatic heterocycles. The molecule has 1 amide bonds. The minimum Gasteiger partial charge on any atom is -0.334 e. The molecule has 0 aliphatic rings. The Morgan fingerprint density at radius 1 is 1.20 bits per heavy atom. The molecule has 2 rings (SSSR count). The van der Waals surface area contributed by atoms with Crippen molar-refractivity contribution in [3.63, 3.8) is 0 Å². The van der Waals surface area contributed by atoms with Crippen molar-refractivity contribution in [1.82, 2.24) is 9.88 Å². The van der Waals surface area contributed by atoms with Crippen LogP contribution in [0.4, 0.5) is 0 Å². The van der Waals surface area contributed by atoms with Gasteiger partial charge in [-0.25, -0.2) is 4.98 Å². The van der Waals surface area contributed by atoms with Crippen LogP contribution in [0, 0.1) is 0 Å². The van der Waals surface area contributed by atoms with E-state index in [1.807, 2.05) is 25.1 Å². The number of pyridine rings is 1. The van der Waals surface area contributed by atoms with Gasteiger partial charge in [0.2, 0.25) is 0 Å². The molecule has 0 N–H and O–H groups in total. The average Bonchev–Trinajstić information content (AvgIpc) is 2.45. The summed E-state index contributed by atoms with van der Waals surface area (Å²) < 4.78 is 0. The van der Waals surface area contributed by atoms with E-state index < -0.39 is 0 Å². The van der Waals surface area contributed by atoms with Crippen LogP contribution in [-0.4, -0.2) is 22.8 Å². The number of halogens is 2. The average molecular weight is 309 g/mol. The predicted molar refractivity (Wildman–Crippen MR) is 81.2 cm³/mol. The lowest BCUT2D eigenvalue weighted by Crippen LogP contribution is -2.30. The third-order valence-electron chi connectivity index (χ3n) is 3.17. The van der Waals surface area contributed by atoms with Crippen LogP contribution in [0.5, 0.6) is 0 Å². The second-order valence-electron chi connectivity index (χ2n) is 4.49. The lowest BCUT2D eigenvalue weighted by atomic mass is 10.1. The summed E-state index contributed by atoms with van der Waals surface area (Å²) in [5, 5.41) is 0.954. The monoisotopic (exact) mass is 308 g/mol. The van der Waals surface area contributed by atoms with E-state index in [0.717, 1.165) is 5.56 Å². The summed E-state index contributed by atoms with van der Waals surface area (Å²) in [7, 11) is 1.73. The molecule has 0 aliphatic carbocycles. The molecule has 1 aromatic heterocycles. The van der Waals surface area contributed by atoms with Crippen LogP contribution in [0.25, 0.3) is 0 Å². The van der Waals surface area contributed by atoms with E-state index in [1.165, 1.54) is 0 Å². The molecule has 0 fully saturated rings.